The van der Waals surface area contributed by atoms with Crippen molar-refractivity contribution < 1.29 is 18.7 Å². The van der Waals surface area contributed by atoms with Crippen LogP contribution in [0.5, 0.6) is 17.2 Å². The number of nitrogens with zero attached hydrogens (tertiary/aromatic N) is 4. The molecule has 5 rings (SSSR count). The van der Waals surface area contributed by atoms with Gasteiger partial charge in [0, 0.05) is 36.4 Å². The zero-order chi connectivity index (χ0) is 24.5. The molecule has 0 N–H and O–H groups in total. The van der Waals surface area contributed by atoms with E-state index in [4.69, 9.17) is 26.2 Å². The first-order valence-electron chi connectivity index (χ1n) is 11.0. The van der Waals surface area contributed by atoms with Gasteiger partial charge >= 0.3 is 0 Å². The lowest BCUT2D eigenvalue weighted by Crippen LogP contribution is -2.27. The van der Waals surface area contributed by atoms with Crippen LogP contribution in [0.4, 0.5) is 4.39 Å². The highest BCUT2D eigenvalue weighted by molar-refractivity contribution is 6.35. The molecule has 0 spiro atoms. The molecule has 178 valence electrons. The van der Waals surface area contributed by atoms with E-state index in [2.05, 4.69) is 11.6 Å². The lowest BCUT2D eigenvalue weighted by Gasteiger charge is -2.15. The summed E-state index contributed by atoms with van der Waals surface area (Å²) in [5.74, 6) is -0.0105. The normalized spacial score (nSPS) is 15.4. The van der Waals surface area contributed by atoms with Gasteiger partial charge in [0.25, 0.3) is 0 Å². The van der Waals surface area contributed by atoms with Gasteiger partial charge in [-0.3, -0.25) is 14.5 Å². The third-order valence-electron chi connectivity index (χ3n) is 6.06. The molecule has 1 aliphatic heterocycles. The number of hydrogen-bond donors (Lipinski definition) is 0. The summed E-state index contributed by atoms with van der Waals surface area (Å²) in [7, 11) is 1.40. The first-order valence-corrected chi connectivity index (χ1v) is 11.4. The number of likely N-dealkylation sites (tertiary alicyclic amines) is 1. The van der Waals surface area contributed by atoms with Crippen LogP contribution >= 0.6 is 11.6 Å². The van der Waals surface area contributed by atoms with Crippen molar-refractivity contribution in [2.24, 2.45) is 0 Å². The summed E-state index contributed by atoms with van der Waals surface area (Å²) in [5, 5.41) is 6.18. The molecule has 0 aliphatic carbocycles. The van der Waals surface area contributed by atoms with Crippen LogP contribution < -0.4 is 9.47 Å². The smallest absolute Gasteiger partial charge is 0.246 e. The predicted molar refractivity (Wildman–Crippen MR) is 131 cm³/mol. The Morgan fingerprint density at radius 2 is 1.97 bits per heavy atom. The molecule has 0 saturated carbocycles. The zero-order valence-electron chi connectivity index (χ0n) is 18.9. The molecule has 4 aromatic rings. The molecule has 1 aliphatic rings. The maximum Gasteiger partial charge on any atom is 0.246 e. The van der Waals surface area contributed by atoms with E-state index in [1.807, 2.05) is 16.8 Å². The summed E-state index contributed by atoms with van der Waals surface area (Å²) in [4.78, 5) is 18.1. The van der Waals surface area contributed by atoms with Gasteiger partial charge in [0.1, 0.15) is 11.4 Å². The first-order chi connectivity index (χ1) is 17.0. The third-order valence-corrected chi connectivity index (χ3v) is 6.34. The zero-order valence-corrected chi connectivity index (χ0v) is 19.7. The molecule has 0 unspecified atom stereocenters. The first kappa shape index (κ1) is 22.9. The van der Waals surface area contributed by atoms with Crippen molar-refractivity contribution in [1.82, 2.24) is 19.7 Å². The van der Waals surface area contributed by atoms with Gasteiger partial charge in [-0.15, -0.1) is 0 Å². The fourth-order valence-electron chi connectivity index (χ4n) is 4.33. The summed E-state index contributed by atoms with van der Waals surface area (Å²) in [6.45, 7) is 4.73. The Bertz CT molecular complexity index is 1420. The number of carbonyl (C=O) groups is 1. The van der Waals surface area contributed by atoms with Crippen LogP contribution in [0.15, 0.2) is 67.5 Å². The topological polar surface area (TPSA) is 69.5 Å². The number of pyridine rings is 1. The number of ether oxygens (including phenoxy) is 2. The van der Waals surface area contributed by atoms with Gasteiger partial charge in [0.2, 0.25) is 11.7 Å². The van der Waals surface area contributed by atoms with Crippen LogP contribution in [-0.2, 0) is 4.79 Å². The van der Waals surface area contributed by atoms with Gasteiger partial charge < -0.3 is 14.4 Å². The lowest BCUT2D eigenvalue weighted by molar-refractivity contribution is -0.125. The van der Waals surface area contributed by atoms with Gasteiger partial charge in [0.15, 0.2) is 11.5 Å². The largest absolute Gasteiger partial charge is 0.494 e. The van der Waals surface area contributed by atoms with Crippen molar-refractivity contribution in [2.45, 2.75) is 12.5 Å². The Morgan fingerprint density at radius 1 is 1.20 bits per heavy atom. The molecule has 7 nitrogen and oxygen atoms in total. The van der Waals surface area contributed by atoms with E-state index < -0.39 is 5.82 Å². The minimum atomic E-state index is -0.565. The molecule has 1 amide bonds. The summed E-state index contributed by atoms with van der Waals surface area (Å²) in [6.07, 6.45) is 5.41. The van der Waals surface area contributed by atoms with Crippen LogP contribution in [0.3, 0.4) is 0 Å². The maximum atomic E-state index is 14.5. The number of carbonyl (C=O) groups excluding carboxylic acids is 1. The van der Waals surface area contributed by atoms with Crippen LogP contribution in [0.1, 0.15) is 12.5 Å². The molecule has 1 atom stereocenters. The van der Waals surface area contributed by atoms with E-state index in [1.165, 1.54) is 25.3 Å². The second-order valence-corrected chi connectivity index (χ2v) is 8.55. The summed E-state index contributed by atoms with van der Waals surface area (Å²) in [6, 6.07) is 11.9. The highest BCUT2D eigenvalue weighted by Gasteiger charge is 2.29. The van der Waals surface area contributed by atoms with Crippen molar-refractivity contribution in [3.8, 4) is 28.5 Å². The summed E-state index contributed by atoms with van der Waals surface area (Å²) in [5.41, 5.74) is 2.31. The molecule has 2 aromatic heterocycles. The SMILES string of the molecule is C=CC(=O)N1CC[C@@H](n2nc(-c3ccc(Oc4cccc(OC)c4F)cc3)c3cncc(Cl)c32)C1. The highest BCUT2D eigenvalue weighted by Crippen LogP contribution is 2.37. The van der Waals surface area contributed by atoms with E-state index in [1.54, 1.807) is 35.5 Å². The van der Waals surface area contributed by atoms with Gasteiger partial charge in [-0.05, 0) is 48.9 Å². The van der Waals surface area contributed by atoms with Crippen molar-refractivity contribution in [3.05, 3.63) is 78.4 Å². The second-order valence-electron chi connectivity index (χ2n) is 8.14. The molecule has 1 fully saturated rings. The Labute approximate surface area is 206 Å². The van der Waals surface area contributed by atoms with E-state index in [0.29, 0.717) is 29.6 Å². The van der Waals surface area contributed by atoms with Gasteiger partial charge in [-0.1, -0.05) is 24.2 Å². The maximum absolute atomic E-state index is 14.5. The summed E-state index contributed by atoms with van der Waals surface area (Å²) < 4.78 is 27.1. The molecular weight excluding hydrogens is 471 g/mol. The average Bonchev–Trinajstić information content (AvgIpc) is 3.51. The lowest BCUT2D eigenvalue weighted by atomic mass is 10.1. The number of halogens is 2. The van der Waals surface area contributed by atoms with Gasteiger partial charge in [-0.25, -0.2) is 0 Å². The number of aromatic nitrogens is 3. The molecule has 2 aromatic carbocycles. The van der Waals surface area contributed by atoms with E-state index >= 15 is 0 Å². The number of rotatable bonds is 6. The van der Waals surface area contributed by atoms with Crippen LogP contribution in [-0.4, -0.2) is 45.8 Å². The molecule has 35 heavy (non-hydrogen) atoms. The Hall–Kier alpha value is -3.91. The molecule has 3 heterocycles. The Morgan fingerprint density at radius 3 is 2.71 bits per heavy atom. The number of amides is 1. The number of hydrogen-bond acceptors (Lipinski definition) is 5. The van der Waals surface area contributed by atoms with Crippen LogP contribution in [0, 0.1) is 5.82 Å². The van der Waals surface area contributed by atoms with Gasteiger partial charge in [0.05, 0.1) is 23.7 Å². The van der Waals surface area contributed by atoms with Crippen molar-refractivity contribution in [2.75, 3.05) is 20.2 Å². The second kappa shape index (κ2) is 9.38. The highest BCUT2D eigenvalue weighted by atomic mass is 35.5. The number of fused-ring (bicyclic) bond motifs is 1. The molecule has 9 heteroatoms. The Kier molecular flexibility index (Phi) is 6.13. The van der Waals surface area contributed by atoms with Crippen LogP contribution in [0.25, 0.3) is 22.2 Å². The fraction of sp³-hybridized carbons (Fsp3) is 0.192. The molecular formula is C26H22ClFN4O3. The standard InChI is InChI=1S/C26H22ClFN4O3/c1-3-23(33)31-12-11-17(15-31)32-26-19(13-29-14-20(26)27)25(30-32)16-7-9-18(10-8-16)35-22-6-4-5-21(34-2)24(22)28/h3-10,13-14,17H,1,11-12,15H2,2H3/t17-/m1/s1. The quantitative estimate of drug-likeness (QED) is 0.325. The van der Waals surface area contributed by atoms with E-state index in [9.17, 15) is 9.18 Å². The predicted octanol–water partition coefficient (Wildman–Crippen LogP) is 5.65. The molecule has 0 radical (unpaired) electrons. The van der Waals surface area contributed by atoms with Crippen molar-refractivity contribution in [3.63, 3.8) is 0 Å². The van der Waals surface area contributed by atoms with Crippen molar-refractivity contribution in [1.29, 1.82) is 0 Å². The number of methoxy groups -OCH3 is 1. The number of benzene rings is 2. The molecule has 0 bridgehead atoms. The average molecular weight is 493 g/mol. The van der Waals surface area contributed by atoms with Crippen molar-refractivity contribution >= 4 is 28.4 Å². The Balaban J connectivity index is 1.47. The van der Waals surface area contributed by atoms with E-state index in [0.717, 1.165) is 22.9 Å². The summed E-state index contributed by atoms with van der Waals surface area (Å²) >= 11 is 6.54. The third kappa shape index (κ3) is 4.21. The monoisotopic (exact) mass is 492 g/mol. The minimum Gasteiger partial charge on any atom is -0.494 e. The van der Waals surface area contributed by atoms with Crippen LogP contribution in [0.2, 0.25) is 5.02 Å². The van der Waals surface area contributed by atoms with E-state index in [-0.39, 0.29) is 23.4 Å². The van der Waals surface area contributed by atoms with Gasteiger partial charge in [-0.2, -0.15) is 9.49 Å². The minimum absolute atomic E-state index is 0.0197. The molecule has 1 saturated heterocycles. The fourth-order valence-corrected chi connectivity index (χ4v) is 4.57.